The quantitative estimate of drug-likeness (QED) is 0.197. The fraction of sp³-hybridized carbons (Fsp3) is 0.107. The molecule has 12 heteroatoms. The molecule has 9 nitrogen and oxygen atoms in total. The van der Waals surface area contributed by atoms with E-state index in [0.29, 0.717) is 43.3 Å². The van der Waals surface area contributed by atoms with Gasteiger partial charge in [-0.05, 0) is 55.0 Å². The van der Waals surface area contributed by atoms with Gasteiger partial charge in [-0.2, -0.15) is 5.26 Å². The van der Waals surface area contributed by atoms with Crippen LogP contribution in [0.1, 0.15) is 18.4 Å². The number of rotatable bonds is 8. The first-order valence-electron chi connectivity index (χ1n) is 11.8. The molecule has 1 heterocycles. The van der Waals surface area contributed by atoms with Gasteiger partial charge in [-0.15, -0.1) is 0 Å². The van der Waals surface area contributed by atoms with E-state index >= 15 is 0 Å². The van der Waals surface area contributed by atoms with Gasteiger partial charge in [0, 0.05) is 44.8 Å². The Bertz CT molecular complexity index is 1580. The summed E-state index contributed by atoms with van der Waals surface area (Å²) in [5.74, 6) is -1.68. The van der Waals surface area contributed by atoms with Crippen LogP contribution in [0.5, 0.6) is 0 Å². The van der Waals surface area contributed by atoms with Gasteiger partial charge in [-0.1, -0.05) is 53.2 Å². The molecule has 3 aromatic rings. The van der Waals surface area contributed by atoms with Gasteiger partial charge in [0.15, 0.2) is 0 Å². The number of non-ortho nitro benzene ring substituents is 1. The average molecular weight is 594 g/mol. The van der Waals surface area contributed by atoms with E-state index in [1.807, 2.05) is 0 Å². The van der Waals surface area contributed by atoms with E-state index in [9.17, 15) is 25.0 Å². The third-order valence-corrected chi connectivity index (χ3v) is 7.53. The van der Waals surface area contributed by atoms with Crippen LogP contribution in [0.3, 0.4) is 0 Å². The third-order valence-electron chi connectivity index (χ3n) is 5.92. The SMILES string of the molecule is CC1=C(C(=O)Nc2ccc(Cl)cc2)[C@@H](c2ccccc2Cl)C(C#N)=C(SCC(=O)Nc2ccc([N+](=O)[O-])cc2)N1. The number of benzene rings is 3. The van der Waals surface area contributed by atoms with Crippen molar-refractivity contribution in [2.75, 3.05) is 16.4 Å². The highest BCUT2D eigenvalue weighted by atomic mass is 35.5. The van der Waals surface area contributed by atoms with Crippen LogP contribution in [0.4, 0.5) is 17.1 Å². The van der Waals surface area contributed by atoms with Gasteiger partial charge in [0.05, 0.1) is 33.3 Å². The fourth-order valence-corrected chi connectivity index (χ4v) is 5.34. The molecule has 0 fully saturated rings. The van der Waals surface area contributed by atoms with Gasteiger partial charge < -0.3 is 16.0 Å². The summed E-state index contributed by atoms with van der Waals surface area (Å²) in [5.41, 5.74) is 2.43. The smallest absolute Gasteiger partial charge is 0.269 e. The summed E-state index contributed by atoms with van der Waals surface area (Å²) >= 11 is 13.6. The molecule has 1 aliphatic rings. The van der Waals surface area contributed by atoms with Crippen LogP contribution >= 0.6 is 35.0 Å². The average Bonchev–Trinajstić information content (AvgIpc) is 2.93. The van der Waals surface area contributed by atoms with E-state index in [4.69, 9.17) is 23.2 Å². The molecule has 0 bridgehead atoms. The monoisotopic (exact) mass is 593 g/mol. The summed E-state index contributed by atoms with van der Waals surface area (Å²) in [4.78, 5) is 36.5. The number of carbonyl (C=O) groups excluding carboxylic acids is 2. The lowest BCUT2D eigenvalue weighted by molar-refractivity contribution is -0.384. The van der Waals surface area contributed by atoms with Crippen LogP contribution < -0.4 is 16.0 Å². The highest BCUT2D eigenvalue weighted by molar-refractivity contribution is 8.03. The molecule has 40 heavy (non-hydrogen) atoms. The van der Waals surface area contributed by atoms with E-state index in [1.54, 1.807) is 55.5 Å². The third kappa shape index (κ3) is 6.63. The Morgan fingerprint density at radius 1 is 1.02 bits per heavy atom. The number of allylic oxidation sites excluding steroid dienone is 2. The molecule has 0 saturated carbocycles. The number of halogens is 2. The maximum Gasteiger partial charge on any atom is 0.269 e. The Kier molecular flexibility index (Phi) is 9.11. The molecule has 3 N–H and O–H groups in total. The van der Waals surface area contributed by atoms with Gasteiger partial charge in [-0.25, -0.2) is 0 Å². The second-order valence-corrected chi connectivity index (χ2v) is 10.4. The van der Waals surface area contributed by atoms with Crippen LogP contribution in [-0.2, 0) is 9.59 Å². The van der Waals surface area contributed by atoms with Crippen molar-refractivity contribution >= 4 is 63.8 Å². The Morgan fingerprint density at radius 3 is 2.27 bits per heavy atom. The van der Waals surface area contributed by atoms with Crippen LogP contribution in [0.25, 0.3) is 0 Å². The minimum absolute atomic E-state index is 0.0701. The maximum atomic E-state index is 13.5. The molecular formula is C28H21Cl2N5O4S. The van der Waals surface area contributed by atoms with Crippen molar-refractivity contribution in [2.45, 2.75) is 12.8 Å². The van der Waals surface area contributed by atoms with Crippen molar-refractivity contribution < 1.29 is 14.5 Å². The topological polar surface area (TPSA) is 137 Å². The highest BCUT2D eigenvalue weighted by Gasteiger charge is 2.36. The molecule has 2 amide bonds. The molecule has 0 saturated heterocycles. The summed E-state index contributed by atoms with van der Waals surface area (Å²) in [6.45, 7) is 1.71. The minimum Gasteiger partial charge on any atom is -0.353 e. The van der Waals surface area contributed by atoms with Crippen LogP contribution in [-0.4, -0.2) is 22.5 Å². The summed E-state index contributed by atoms with van der Waals surface area (Å²) in [7, 11) is 0. The van der Waals surface area contributed by atoms with Gasteiger partial charge in [0.25, 0.3) is 11.6 Å². The van der Waals surface area contributed by atoms with E-state index in [-0.39, 0.29) is 22.9 Å². The van der Waals surface area contributed by atoms with Crippen molar-refractivity contribution in [3.8, 4) is 6.07 Å². The van der Waals surface area contributed by atoms with Crippen molar-refractivity contribution in [3.63, 3.8) is 0 Å². The molecule has 0 aliphatic carbocycles. The molecule has 1 aliphatic heterocycles. The zero-order chi connectivity index (χ0) is 28.8. The number of dihydropyridines is 1. The predicted molar refractivity (Wildman–Crippen MR) is 157 cm³/mol. The predicted octanol–water partition coefficient (Wildman–Crippen LogP) is 6.61. The number of nitrogens with zero attached hydrogens (tertiary/aromatic N) is 2. The van der Waals surface area contributed by atoms with Crippen molar-refractivity contribution in [1.82, 2.24) is 5.32 Å². The van der Waals surface area contributed by atoms with Gasteiger partial charge in [0.2, 0.25) is 5.91 Å². The first-order valence-corrected chi connectivity index (χ1v) is 13.5. The number of nitrogens with one attached hydrogen (secondary N) is 3. The molecule has 0 radical (unpaired) electrons. The normalized spacial score (nSPS) is 14.7. The molecule has 0 aromatic heterocycles. The van der Waals surface area contributed by atoms with E-state index in [0.717, 1.165) is 11.8 Å². The molecule has 202 valence electrons. The number of anilines is 2. The summed E-state index contributed by atoms with van der Waals surface area (Å²) < 4.78 is 0. The number of nitro benzene ring substituents is 1. The standard InChI is InChI=1S/C28H21Cl2N5O4S/c1-16-25(27(37)34-19-8-6-17(29)7-9-19)26(21-4-2-3-5-23(21)30)22(14-31)28(32-16)40-15-24(36)33-18-10-12-20(13-11-18)35(38)39/h2-13,26,32H,15H2,1H3,(H,33,36)(H,34,37)/t26-/m0/s1. The van der Waals surface area contributed by atoms with Gasteiger partial charge in [0.1, 0.15) is 0 Å². The molecule has 0 unspecified atom stereocenters. The summed E-state index contributed by atoms with van der Waals surface area (Å²) in [6.07, 6.45) is 0. The Balaban J connectivity index is 1.60. The largest absolute Gasteiger partial charge is 0.353 e. The lowest BCUT2D eigenvalue weighted by Gasteiger charge is -2.30. The number of carbonyl (C=O) groups is 2. The molecule has 1 atom stereocenters. The van der Waals surface area contributed by atoms with Crippen LogP contribution in [0.2, 0.25) is 10.0 Å². The number of thioether (sulfide) groups is 1. The highest BCUT2D eigenvalue weighted by Crippen LogP contribution is 2.43. The van der Waals surface area contributed by atoms with E-state index in [1.165, 1.54) is 24.3 Å². The minimum atomic E-state index is -0.799. The molecule has 4 rings (SSSR count). The number of hydrogen-bond acceptors (Lipinski definition) is 7. The van der Waals surface area contributed by atoms with Crippen molar-refractivity contribution in [2.24, 2.45) is 0 Å². The lowest BCUT2D eigenvalue weighted by Crippen LogP contribution is -2.31. The lowest BCUT2D eigenvalue weighted by atomic mass is 9.82. The first-order chi connectivity index (χ1) is 19.2. The maximum absolute atomic E-state index is 13.5. The van der Waals surface area contributed by atoms with E-state index < -0.39 is 16.7 Å². The zero-order valence-electron chi connectivity index (χ0n) is 20.9. The number of amides is 2. The van der Waals surface area contributed by atoms with Gasteiger partial charge in [-0.3, -0.25) is 19.7 Å². The number of nitro groups is 1. The Labute approximate surface area is 244 Å². The van der Waals surface area contributed by atoms with E-state index in [2.05, 4.69) is 22.0 Å². The fourth-order valence-electron chi connectivity index (χ4n) is 4.08. The van der Waals surface area contributed by atoms with Crippen LogP contribution in [0, 0.1) is 21.4 Å². The Morgan fingerprint density at radius 2 is 1.65 bits per heavy atom. The molecule has 0 spiro atoms. The second kappa shape index (κ2) is 12.7. The molecule has 3 aromatic carbocycles. The molecular weight excluding hydrogens is 573 g/mol. The van der Waals surface area contributed by atoms with Gasteiger partial charge >= 0.3 is 0 Å². The second-order valence-electron chi connectivity index (χ2n) is 8.57. The first kappa shape index (κ1) is 28.7. The van der Waals surface area contributed by atoms with Crippen molar-refractivity contribution in [1.29, 1.82) is 5.26 Å². The van der Waals surface area contributed by atoms with Crippen molar-refractivity contribution in [3.05, 3.63) is 120 Å². The van der Waals surface area contributed by atoms with Crippen LogP contribution in [0.15, 0.2) is 94.7 Å². The number of nitriles is 1. The summed E-state index contributed by atoms with van der Waals surface area (Å²) in [5, 5.41) is 31.1. The summed E-state index contributed by atoms with van der Waals surface area (Å²) in [6, 6.07) is 21.3. The number of hydrogen-bond donors (Lipinski definition) is 3. The Hall–Kier alpha value is -4.30. The zero-order valence-corrected chi connectivity index (χ0v) is 23.2.